The van der Waals surface area contributed by atoms with Crippen molar-refractivity contribution in [1.29, 1.82) is 0 Å². The second-order valence-corrected chi connectivity index (χ2v) is 6.13. The Morgan fingerprint density at radius 1 is 1.56 bits per heavy atom. The van der Waals surface area contributed by atoms with E-state index in [2.05, 4.69) is 9.97 Å². The molecular weight excluding hydrogens is 226 g/mol. The molecule has 0 radical (unpaired) electrons. The predicted molar refractivity (Wildman–Crippen MR) is 60.4 cm³/mol. The van der Waals surface area contributed by atoms with Gasteiger partial charge in [0.1, 0.15) is 0 Å². The number of hydrogen-bond acceptors (Lipinski definition) is 3. The average molecular weight is 243 g/mol. The Morgan fingerprint density at radius 2 is 2.31 bits per heavy atom. The van der Waals surface area contributed by atoms with Crippen LogP contribution in [0.1, 0.15) is 26.2 Å². The van der Waals surface area contributed by atoms with E-state index in [0.29, 0.717) is 19.0 Å². The molecule has 6 heteroatoms. The molecule has 0 amide bonds. The molecule has 1 aromatic heterocycles. The Hall–Kier alpha value is -0.880. The van der Waals surface area contributed by atoms with Gasteiger partial charge in [-0.2, -0.15) is 4.31 Å². The van der Waals surface area contributed by atoms with Crippen LogP contribution in [-0.2, 0) is 10.0 Å². The van der Waals surface area contributed by atoms with Crippen molar-refractivity contribution in [3.05, 3.63) is 12.5 Å². The van der Waals surface area contributed by atoms with E-state index in [1.807, 2.05) is 6.92 Å². The van der Waals surface area contributed by atoms with Crippen LogP contribution in [0.15, 0.2) is 17.6 Å². The summed E-state index contributed by atoms with van der Waals surface area (Å²) in [5.41, 5.74) is 0. The van der Waals surface area contributed by atoms with Gasteiger partial charge in [0, 0.05) is 13.1 Å². The van der Waals surface area contributed by atoms with Gasteiger partial charge in [0.2, 0.25) is 0 Å². The molecule has 1 saturated carbocycles. The Morgan fingerprint density at radius 3 is 2.81 bits per heavy atom. The zero-order chi connectivity index (χ0) is 11.6. The van der Waals surface area contributed by atoms with Gasteiger partial charge in [-0.1, -0.05) is 6.92 Å². The van der Waals surface area contributed by atoms with Gasteiger partial charge in [0.15, 0.2) is 5.03 Å². The first-order chi connectivity index (χ1) is 7.64. The zero-order valence-corrected chi connectivity index (χ0v) is 10.2. The number of rotatable bonds is 6. The summed E-state index contributed by atoms with van der Waals surface area (Å²) in [5.74, 6) is 0.559. The summed E-state index contributed by atoms with van der Waals surface area (Å²) in [6.45, 7) is 3.22. The minimum atomic E-state index is -3.36. The molecule has 0 spiro atoms. The third-order valence-corrected chi connectivity index (χ3v) is 4.51. The normalized spacial score (nSPS) is 16.9. The lowest BCUT2D eigenvalue weighted by molar-refractivity contribution is 0.394. The highest BCUT2D eigenvalue weighted by atomic mass is 32.2. The lowest BCUT2D eigenvalue weighted by Crippen LogP contribution is -2.33. The fraction of sp³-hybridized carbons (Fsp3) is 0.700. The number of hydrogen-bond donors (Lipinski definition) is 1. The van der Waals surface area contributed by atoms with E-state index < -0.39 is 10.0 Å². The Balaban J connectivity index is 2.16. The van der Waals surface area contributed by atoms with Crippen molar-refractivity contribution in [3.8, 4) is 0 Å². The van der Waals surface area contributed by atoms with Crippen LogP contribution >= 0.6 is 0 Å². The van der Waals surface area contributed by atoms with Crippen LogP contribution in [0.4, 0.5) is 0 Å². The van der Waals surface area contributed by atoms with E-state index >= 15 is 0 Å². The first-order valence-corrected chi connectivity index (χ1v) is 7.07. The van der Waals surface area contributed by atoms with Crippen molar-refractivity contribution in [2.24, 2.45) is 5.92 Å². The first kappa shape index (κ1) is 11.6. The van der Waals surface area contributed by atoms with Crippen LogP contribution < -0.4 is 0 Å². The van der Waals surface area contributed by atoms with Gasteiger partial charge in [-0.3, -0.25) is 0 Å². The highest BCUT2D eigenvalue weighted by Crippen LogP contribution is 2.31. The monoisotopic (exact) mass is 243 g/mol. The molecule has 1 N–H and O–H groups in total. The van der Waals surface area contributed by atoms with E-state index in [1.165, 1.54) is 12.5 Å². The maximum absolute atomic E-state index is 12.2. The SMILES string of the molecule is CCCN(CC1CC1)S(=O)(=O)c1cnc[nH]1. The van der Waals surface area contributed by atoms with Crippen molar-refractivity contribution in [1.82, 2.24) is 14.3 Å². The molecule has 1 aromatic rings. The highest BCUT2D eigenvalue weighted by molar-refractivity contribution is 7.89. The molecule has 0 saturated heterocycles. The molecule has 0 bridgehead atoms. The molecule has 1 aliphatic carbocycles. The fourth-order valence-electron chi connectivity index (χ4n) is 1.67. The van der Waals surface area contributed by atoms with Crippen LogP contribution in [0.5, 0.6) is 0 Å². The second-order valence-electron chi connectivity index (χ2n) is 4.22. The molecule has 1 heterocycles. The minimum Gasteiger partial charge on any atom is -0.335 e. The fourth-order valence-corrected chi connectivity index (χ4v) is 3.17. The topological polar surface area (TPSA) is 66.1 Å². The molecule has 0 atom stereocenters. The number of imidazole rings is 1. The Kier molecular flexibility index (Phi) is 3.30. The van der Waals surface area contributed by atoms with E-state index in [4.69, 9.17) is 0 Å². The standard InChI is InChI=1S/C10H17N3O2S/c1-2-5-13(7-9-3-4-9)16(14,15)10-6-11-8-12-10/h6,8-9H,2-5,7H2,1H3,(H,11,12). The minimum absolute atomic E-state index is 0.196. The Labute approximate surface area is 95.9 Å². The smallest absolute Gasteiger partial charge is 0.260 e. The van der Waals surface area contributed by atoms with Gasteiger partial charge >= 0.3 is 0 Å². The van der Waals surface area contributed by atoms with Gasteiger partial charge in [-0.15, -0.1) is 0 Å². The van der Waals surface area contributed by atoms with Crippen molar-refractivity contribution in [2.75, 3.05) is 13.1 Å². The van der Waals surface area contributed by atoms with Gasteiger partial charge in [0.05, 0.1) is 12.5 Å². The third kappa shape index (κ3) is 2.44. The summed E-state index contributed by atoms with van der Waals surface area (Å²) in [7, 11) is -3.36. The molecule has 90 valence electrons. The van der Waals surface area contributed by atoms with Gasteiger partial charge in [0.25, 0.3) is 10.0 Å². The molecular formula is C10H17N3O2S. The molecule has 1 fully saturated rings. The second kappa shape index (κ2) is 4.55. The molecule has 0 unspecified atom stereocenters. The lowest BCUT2D eigenvalue weighted by atomic mass is 10.4. The largest absolute Gasteiger partial charge is 0.335 e. The van der Waals surface area contributed by atoms with Crippen molar-refractivity contribution >= 4 is 10.0 Å². The number of sulfonamides is 1. The lowest BCUT2D eigenvalue weighted by Gasteiger charge is -2.20. The average Bonchev–Trinajstić information content (AvgIpc) is 2.89. The summed E-state index contributed by atoms with van der Waals surface area (Å²) in [6.07, 6.45) is 5.90. The summed E-state index contributed by atoms with van der Waals surface area (Å²) < 4.78 is 26.0. The molecule has 5 nitrogen and oxygen atoms in total. The Bertz CT molecular complexity index is 423. The van der Waals surface area contributed by atoms with Crippen LogP contribution in [0.2, 0.25) is 0 Å². The summed E-state index contributed by atoms with van der Waals surface area (Å²) >= 11 is 0. The number of nitrogens with zero attached hydrogens (tertiary/aromatic N) is 2. The third-order valence-electron chi connectivity index (χ3n) is 2.72. The summed E-state index contributed by atoms with van der Waals surface area (Å²) in [5, 5.41) is 0.196. The van der Waals surface area contributed by atoms with Gasteiger partial charge in [-0.05, 0) is 25.2 Å². The van der Waals surface area contributed by atoms with Crippen LogP contribution in [0.3, 0.4) is 0 Å². The molecule has 0 aromatic carbocycles. The molecule has 16 heavy (non-hydrogen) atoms. The van der Waals surface area contributed by atoms with E-state index in [-0.39, 0.29) is 5.03 Å². The highest BCUT2D eigenvalue weighted by Gasteiger charge is 2.31. The van der Waals surface area contributed by atoms with Crippen LogP contribution in [0.25, 0.3) is 0 Å². The zero-order valence-electron chi connectivity index (χ0n) is 9.39. The molecule has 1 aliphatic rings. The molecule has 2 rings (SSSR count). The summed E-state index contributed by atoms with van der Waals surface area (Å²) in [4.78, 5) is 6.43. The quantitative estimate of drug-likeness (QED) is 0.817. The van der Waals surface area contributed by atoms with E-state index in [9.17, 15) is 8.42 Å². The van der Waals surface area contributed by atoms with E-state index in [1.54, 1.807) is 4.31 Å². The van der Waals surface area contributed by atoms with Crippen molar-refractivity contribution in [2.45, 2.75) is 31.2 Å². The summed E-state index contributed by atoms with van der Waals surface area (Å²) in [6, 6.07) is 0. The predicted octanol–water partition coefficient (Wildman–Crippen LogP) is 1.22. The van der Waals surface area contributed by atoms with Crippen LogP contribution in [0, 0.1) is 5.92 Å². The van der Waals surface area contributed by atoms with Crippen molar-refractivity contribution in [3.63, 3.8) is 0 Å². The van der Waals surface area contributed by atoms with Gasteiger partial charge in [-0.25, -0.2) is 13.4 Å². The number of H-pyrrole nitrogens is 1. The van der Waals surface area contributed by atoms with Gasteiger partial charge < -0.3 is 4.98 Å². The van der Waals surface area contributed by atoms with Crippen molar-refractivity contribution < 1.29 is 8.42 Å². The van der Waals surface area contributed by atoms with E-state index in [0.717, 1.165) is 19.3 Å². The number of nitrogens with one attached hydrogen (secondary N) is 1. The molecule has 0 aliphatic heterocycles. The van der Waals surface area contributed by atoms with Crippen LogP contribution in [-0.4, -0.2) is 35.8 Å². The first-order valence-electron chi connectivity index (χ1n) is 5.63. The maximum atomic E-state index is 12.2. The number of aromatic nitrogens is 2. The maximum Gasteiger partial charge on any atom is 0.260 e. The number of aromatic amines is 1.